The number of fused-ring (bicyclic) bond motifs is 2. The molecule has 0 unspecified atom stereocenters. The van der Waals surface area contributed by atoms with Gasteiger partial charge in [0, 0.05) is 49.5 Å². The summed E-state index contributed by atoms with van der Waals surface area (Å²) in [6.07, 6.45) is 7.12. The van der Waals surface area contributed by atoms with Crippen molar-refractivity contribution in [2.45, 2.75) is 32.7 Å². The van der Waals surface area contributed by atoms with Crippen LogP contribution in [0.25, 0.3) is 33.3 Å². The van der Waals surface area contributed by atoms with Crippen LogP contribution in [0, 0.1) is 0 Å². The lowest BCUT2D eigenvalue weighted by molar-refractivity contribution is -0.122. The van der Waals surface area contributed by atoms with Gasteiger partial charge in [-0.1, -0.05) is 0 Å². The number of ether oxygens (including phenoxy) is 1. The summed E-state index contributed by atoms with van der Waals surface area (Å²) < 4.78 is 7.05. The van der Waals surface area contributed by atoms with E-state index in [2.05, 4.69) is 25.3 Å². The highest BCUT2D eigenvalue weighted by molar-refractivity contribution is 5.99. The van der Waals surface area contributed by atoms with E-state index in [0.717, 1.165) is 34.8 Å². The number of nitrogens with one attached hydrogen (secondary N) is 2. The van der Waals surface area contributed by atoms with Crippen molar-refractivity contribution in [1.82, 2.24) is 35.0 Å². The standard InChI is InChI=1S/C21H26N8O2/c1-2-31-10-6-16(30)23-7-3-4-9-29-21-17(19(22)26-13-27-21)18(28-29)15-11-14-5-8-24-20(14)25-12-15/h5,8,11-13H,2-4,6-7,9-10H2,1H3,(H,23,30)(H,24,25)(H2,22,26,27). The molecule has 10 heteroatoms. The number of H-pyrrole nitrogens is 1. The number of carbonyl (C=O) groups is 1. The van der Waals surface area contributed by atoms with Crippen LogP contribution in [0.15, 0.2) is 30.9 Å². The Kier molecular flexibility index (Phi) is 6.37. The number of unbranched alkanes of at least 4 members (excludes halogenated alkanes) is 1. The molecule has 4 rings (SSSR count). The second-order valence-corrected chi connectivity index (χ2v) is 7.17. The van der Waals surface area contributed by atoms with Crippen LogP contribution < -0.4 is 11.1 Å². The van der Waals surface area contributed by atoms with Gasteiger partial charge in [0.2, 0.25) is 5.91 Å². The highest BCUT2D eigenvalue weighted by atomic mass is 16.5. The number of pyridine rings is 1. The zero-order chi connectivity index (χ0) is 21.6. The minimum atomic E-state index is 0.00781. The average molecular weight is 422 g/mol. The zero-order valence-corrected chi connectivity index (χ0v) is 17.5. The molecule has 0 saturated carbocycles. The second kappa shape index (κ2) is 9.52. The normalized spacial score (nSPS) is 11.4. The summed E-state index contributed by atoms with van der Waals surface area (Å²) in [5.74, 6) is 0.399. The molecule has 0 aliphatic rings. The van der Waals surface area contributed by atoms with Gasteiger partial charge < -0.3 is 20.8 Å². The van der Waals surface area contributed by atoms with Gasteiger partial charge in [-0.3, -0.25) is 4.79 Å². The summed E-state index contributed by atoms with van der Waals surface area (Å²) in [6, 6.07) is 3.99. The third-order valence-corrected chi connectivity index (χ3v) is 5.03. The molecule has 0 aliphatic heterocycles. The van der Waals surface area contributed by atoms with Gasteiger partial charge in [-0.15, -0.1) is 0 Å². The van der Waals surface area contributed by atoms with Gasteiger partial charge in [-0.25, -0.2) is 19.6 Å². The van der Waals surface area contributed by atoms with E-state index in [9.17, 15) is 4.79 Å². The maximum absolute atomic E-state index is 11.7. The molecule has 0 aliphatic carbocycles. The number of nitrogens with zero attached hydrogens (tertiary/aromatic N) is 5. The van der Waals surface area contributed by atoms with Crippen LogP contribution in [-0.4, -0.2) is 55.4 Å². The minimum absolute atomic E-state index is 0.00781. The maximum Gasteiger partial charge on any atom is 0.222 e. The van der Waals surface area contributed by atoms with Crippen LogP contribution in [0.3, 0.4) is 0 Å². The fourth-order valence-electron chi connectivity index (χ4n) is 3.47. The molecule has 0 atom stereocenters. The molecule has 162 valence electrons. The summed E-state index contributed by atoms with van der Waals surface area (Å²) in [4.78, 5) is 27.9. The molecular weight excluding hydrogens is 396 g/mol. The molecular formula is C21H26N8O2. The lowest BCUT2D eigenvalue weighted by atomic mass is 10.1. The first-order valence-corrected chi connectivity index (χ1v) is 10.4. The van der Waals surface area contributed by atoms with Gasteiger partial charge in [0.05, 0.1) is 12.0 Å². The summed E-state index contributed by atoms with van der Waals surface area (Å²) >= 11 is 0. The van der Waals surface area contributed by atoms with Crippen LogP contribution in [0.2, 0.25) is 0 Å². The number of rotatable bonds is 10. The van der Waals surface area contributed by atoms with E-state index in [-0.39, 0.29) is 5.91 Å². The van der Waals surface area contributed by atoms with E-state index < -0.39 is 0 Å². The van der Waals surface area contributed by atoms with Crippen molar-refractivity contribution in [3.05, 3.63) is 30.9 Å². The summed E-state index contributed by atoms with van der Waals surface area (Å²) in [6.45, 7) is 4.25. The van der Waals surface area contributed by atoms with Gasteiger partial charge >= 0.3 is 0 Å². The molecule has 0 fully saturated rings. The van der Waals surface area contributed by atoms with Crippen LogP contribution in [-0.2, 0) is 16.1 Å². The van der Waals surface area contributed by atoms with Gasteiger partial charge in [-0.05, 0) is 31.9 Å². The average Bonchev–Trinajstić information content (AvgIpc) is 3.38. The Hall–Kier alpha value is -3.53. The first-order valence-electron chi connectivity index (χ1n) is 10.4. The molecule has 1 amide bonds. The fraction of sp³-hybridized carbons (Fsp3) is 0.381. The van der Waals surface area contributed by atoms with Crippen molar-refractivity contribution in [1.29, 1.82) is 0 Å². The third kappa shape index (κ3) is 4.64. The van der Waals surface area contributed by atoms with Crippen molar-refractivity contribution in [2.75, 3.05) is 25.5 Å². The Morgan fingerprint density at radius 3 is 3.06 bits per heavy atom. The number of hydrogen-bond acceptors (Lipinski definition) is 7. The predicted octanol–water partition coefficient (Wildman–Crippen LogP) is 2.27. The van der Waals surface area contributed by atoms with Gasteiger partial charge in [0.15, 0.2) is 5.65 Å². The highest BCUT2D eigenvalue weighted by Crippen LogP contribution is 2.31. The molecule has 0 bridgehead atoms. The van der Waals surface area contributed by atoms with E-state index in [1.807, 2.05) is 29.9 Å². The fourth-order valence-corrected chi connectivity index (χ4v) is 3.47. The second-order valence-electron chi connectivity index (χ2n) is 7.17. The molecule has 10 nitrogen and oxygen atoms in total. The van der Waals surface area contributed by atoms with E-state index in [1.165, 1.54) is 6.33 Å². The summed E-state index contributed by atoms with van der Waals surface area (Å²) in [7, 11) is 0. The smallest absolute Gasteiger partial charge is 0.222 e. The molecule has 4 N–H and O–H groups in total. The van der Waals surface area contributed by atoms with E-state index in [0.29, 0.717) is 49.9 Å². The van der Waals surface area contributed by atoms with Crippen molar-refractivity contribution in [3.63, 3.8) is 0 Å². The largest absolute Gasteiger partial charge is 0.383 e. The molecule has 4 aromatic rings. The molecule has 0 spiro atoms. The number of carbonyl (C=O) groups excluding carboxylic acids is 1. The number of aromatic amines is 1. The molecule has 31 heavy (non-hydrogen) atoms. The number of aromatic nitrogens is 6. The maximum atomic E-state index is 11.7. The Balaban J connectivity index is 1.45. The first-order chi connectivity index (χ1) is 15.2. The van der Waals surface area contributed by atoms with Crippen LogP contribution in [0.1, 0.15) is 26.2 Å². The van der Waals surface area contributed by atoms with E-state index in [1.54, 1.807) is 6.20 Å². The van der Waals surface area contributed by atoms with Crippen LogP contribution in [0.4, 0.5) is 5.82 Å². The lowest BCUT2D eigenvalue weighted by Crippen LogP contribution is -2.25. The Morgan fingerprint density at radius 2 is 2.19 bits per heavy atom. The van der Waals surface area contributed by atoms with Crippen molar-refractivity contribution < 1.29 is 9.53 Å². The Labute approximate surface area is 179 Å². The van der Waals surface area contributed by atoms with Crippen LogP contribution in [0.5, 0.6) is 0 Å². The number of anilines is 1. The van der Waals surface area contributed by atoms with Crippen molar-refractivity contribution in [2.24, 2.45) is 0 Å². The monoisotopic (exact) mass is 422 g/mol. The van der Waals surface area contributed by atoms with E-state index in [4.69, 9.17) is 15.6 Å². The van der Waals surface area contributed by atoms with Crippen molar-refractivity contribution in [3.8, 4) is 11.3 Å². The number of amides is 1. The SMILES string of the molecule is CCOCCC(=O)NCCCCn1nc(-c2cnc3[nH]ccc3c2)c2c(N)ncnc21. The zero-order valence-electron chi connectivity index (χ0n) is 17.5. The number of aryl methyl sites for hydroxylation is 1. The van der Waals surface area contributed by atoms with E-state index >= 15 is 0 Å². The lowest BCUT2D eigenvalue weighted by Gasteiger charge is -2.06. The summed E-state index contributed by atoms with van der Waals surface area (Å²) in [5, 5.41) is 9.41. The molecule has 0 radical (unpaired) electrons. The minimum Gasteiger partial charge on any atom is -0.383 e. The van der Waals surface area contributed by atoms with Gasteiger partial charge in [0.1, 0.15) is 23.5 Å². The molecule has 4 heterocycles. The first kappa shape index (κ1) is 20.7. The van der Waals surface area contributed by atoms with Crippen molar-refractivity contribution >= 4 is 33.8 Å². The Bertz CT molecular complexity index is 1180. The third-order valence-electron chi connectivity index (χ3n) is 5.03. The van der Waals surface area contributed by atoms with Gasteiger partial charge in [-0.2, -0.15) is 5.10 Å². The summed E-state index contributed by atoms with van der Waals surface area (Å²) in [5.41, 5.74) is 9.26. The number of hydrogen-bond donors (Lipinski definition) is 3. The molecule has 0 aromatic carbocycles. The Morgan fingerprint density at radius 1 is 1.29 bits per heavy atom. The number of nitrogen functional groups attached to an aromatic ring is 1. The quantitative estimate of drug-likeness (QED) is 0.333. The van der Waals surface area contributed by atoms with Crippen LogP contribution >= 0.6 is 0 Å². The number of nitrogens with two attached hydrogens (primary N) is 1. The molecule has 0 saturated heterocycles. The predicted molar refractivity (Wildman–Crippen MR) is 118 cm³/mol. The van der Waals surface area contributed by atoms with Gasteiger partial charge in [0.25, 0.3) is 0 Å². The topological polar surface area (TPSA) is 137 Å². The highest BCUT2D eigenvalue weighted by Gasteiger charge is 2.17. The molecule has 4 aromatic heterocycles.